The molecule has 2 spiro atoms. The Kier molecular flexibility index (Phi) is 7.48. The number of rotatable bonds is 8. The fourth-order valence-corrected chi connectivity index (χ4v) is 10.2. The number of piperidine rings is 1. The molecule has 3 aliphatic carbocycles. The molecule has 0 bridgehead atoms. The number of carbonyl (C=O) groups excluding carboxylic acids is 2. The fourth-order valence-electron chi connectivity index (χ4n) is 10.1. The quantitative estimate of drug-likeness (QED) is 0.259. The third-order valence-electron chi connectivity index (χ3n) is 12.4. The minimum absolute atomic E-state index is 0.0297. The summed E-state index contributed by atoms with van der Waals surface area (Å²) in [5, 5.41) is 0.639. The van der Waals surface area contributed by atoms with Crippen LogP contribution in [-0.2, 0) is 16.0 Å². The van der Waals surface area contributed by atoms with Crippen LogP contribution in [0, 0.1) is 28.6 Å². The van der Waals surface area contributed by atoms with Gasteiger partial charge in [-0.3, -0.25) is 14.5 Å². The molecule has 2 unspecified atom stereocenters. The smallest absolute Gasteiger partial charge is 0.233 e. The summed E-state index contributed by atoms with van der Waals surface area (Å²) in [4.78, 5) is 37.4. The first-order chi connectivity index (χ1) is 23.1. The molecule has 252 valence electrons. The summed E-state index contributed by atoms with van der Waals surface area (Å²) in [5.74, 6) is 4.39. The predicted octanol–water partition coefficient (Wildman–Crippen LogP) is 6.93. The second kappa shape index (κ2) is 11.4. The number of hydrogen-bond donors (Lipinski definition) is 0. The molecular formula is C39H45ClN4O4. The van der Waals surface area contributed by atoms with Crippen molar-refractivity contribution in [3.63, 3.8) is 0 Å². The van der Waals surface area contributed by atoms with E-state index in [9.17, 15) is 9.59 Å². The first-order valence-electron chi connectivity index (χ1n) is 17.4. The third-order valence-corrected chi connectivity index (χ3v) is 12.6. The molecule has 2 aromatic carbocycles. The van der Waals surface area contributed by atoms with Gasteiger partial charge in [0.2, 0.25) is 11.8 Å². The number of ether oxygens (including phenoxy) is 2. The van der Waals surface area contributed by atoms with Gasteiger partial charge in [-0.25, -0.2) is 4.98 Å². The van der Waals surface area contributed by atoms with E-state index in [0.29, 0.717) is 45.0 Å². The van der Waals surface area contributed by atoms with E-state index in [1.165, 1.54) is 25.7 Å². The molecule has 3 saturated carbocycles. The van der Waals surface area contributed by atoms with E-state index in [2.05, 4.69) is 18.0 Å². The third kappa shape index (κ3) is 4.80. The molecule has 0 radical (unpaired) electrons. The number of halogens is 1. The van der Waals surface area contributed by atoms with Gasteiger partial charge in [0.1, 0.15) is 5.82 Å². The van der Waals surface area contributed by atoms with Gasteiger partial charge in [0.25, 0.3) is 0 Å². The summed E-state index contributed by atoms with van der Waals surface area (Å²) in [6, 6.07) is 15.3. The summed E-state index contributed by atoms with van der Waals surface area (Å²) in [6.07, 6.45) is 7.86. The van der Waals surface area contributed by atoms with Crippen molar-refractivity contribution in [3.05, 3.63) is 76.4 Å². The summed E-state index contributed by atoms with van der Waals surface area (Å²) >= 11 is 6.29. The van der Waals surface area contributed by atoms with Crippen molar-refractivity contribution in [1.82, 2.24) is 9.88 Å². The first-order valence-corrected chi connectivity index (χ1v) is 17.8. The second-order valence-electron chi connectivity index (χ2n) is 15.2. The van der Waals surface area contributed by atoms with Gasteiger partial charge in [-0.15, -0.1) is 0 Å². The number of carbonyl (C=O) groups is 2. The number of methoxy groups -OCH3 is 1. The zero-order valence-corrected chi connectivity index (χ0v) is 29.3. The molecule has 4 atom stereocenters. The molecule has 1 saturated heterocycles. The van der Waals surface area contributed by atoms with Crippen LogP contribution in [0.15, 0.2) is 54.7 Å². The molecule has 4 fully saturated rings. The highest BCUT2D eigenvalue weighted by Crippen LogP contribution is 2.96. The molecule has 3 heterocycles. The summed E-state index contributed by atoms with van der Waals surface area (Å²) in [6.45, 7) is 5.92. The van der Waals surface area contributed by atoms with Gasteiger partial charge in [0, 0.05) is 38.6 Å². The van der Waals surface area contributed by atoms with Gasteiger partial charge in [0.15, 0.2) is 11.5 Å². The van der Waals surface area contributed by atoms with E-state index in [0.717, 1.165) is 53.7 Å². The first kappa shape index (κ1) is 31.5. The van der Waals surface area contributed by atoms with Crippen LogP contribution in [0.3, 0.4) is 0 Å². The molecule has 2 aliphatic heterocycles. The molecular weight excluding hydrogens is 624 g/mol. The topological polar surface area (TPSA) is 75.2 Å². The fraction of sp³-hybridized carbons (Fsp3) is 0.513. The van der Waals surface area contributed by atoms with E-state index in [1.54, 1.807) is 7.11 Å². The van der Waals surface area contributed by atoms with Crippen LogP contribution in [0.25, 0.3) is 0 Å². The highest BCUT2D eigenvalue weighted by molar-refractivity contribution is 6.30. The Morgan fingerprint density at radius 3 is 2.46 bits per heavy atom. The minimum Gasteiger partial charge on any atom is -0.493 e. The van der Waals surface area contributed by atoms with Crippen LogP contribution in [0.2, 0.25) is 5.02 Å². The summed E-state index contributed by atoms with van der Waals surface area (Å²) < 4.78 is 11.8. The molecule has 2 amide bonds. The van der Waals surface area contributed by atoms with E-state index in [-0.39, 0.29) is 18.4 Å². The number of aromatic nitrogens is 1. The SMILES string of the molecule is COc1cc2c(cc1OC(C)C)[C@H](c1ccc(Cl)cc1)N(c1ccc(N(C)CC3CCC4(CC3)[C@H]3C5CN(C)C(=O)CC534)cn1)C(=O)C2. The number of anilines is 2. The maximum Gasteiger partial charge on any atom is 0.233 e. The predicted molar refractivity (Wildman–Crippen MR) is 187 cm³/mol. The van der Waals surface area contributed by atoms with Gasteiger partial charge in [-0.1, -0.05) is 23.7 Å². The maximum absolute atomic E-state index is 13.9. The number of fused-ring (bicyclic) bond motifs is 3. The lowest BCUT2D eigenvalue weighted by atomic mass is 9.67. The van der Waals surface area contributed by atoms with Gasteiger partial charge in [-0.2, -0.15) is 0 Å². The number of pyridine rings is 1. The largest absolute Gasteiger partial charge is 0.493 e. The summed E-state index contributed by atoms with van der Waals surface area (Å²) in [7, 11) is 5.73. The Balaban J connectivity index is 0.997. The van der Waals surface area contributed by atoms with Crippen LogP contribution >= 0.6 is 11.6 Å². The lowest BCUT2D eigenvalue weighted by Gasteiger charge is -2.42. The lowest BCUT2D eigenvalue weighted by Crippen LogP contribution is -2.43. The number of hydrogen-bond acceptors (Lipinski definition) is 6. The van der Waals surface area contributed by atoms with Crippen molar-refractivity contribution in [1.29, 1.82) is 0 Å². The zero-order chi connectivity index (χ0) is 33.5. The average Bonchev–Trinajstić information content (AvgIpc) is 3.90. The molecule has 3 aromatic rings. The van der Waals surface area contributed by atoms with E-state index >= 15 is 0 Å². The van der Waals surface area contributed by atoms with Crippen molar-refractivity contribution in [3.8, 4) is 11.5 Å². The van der Waals surface area contributed by atoms with Gasteiger partial charge in [-0.05, 0) is 121 Å². The molecule has 0 N–H and O–H groups in total. The number of benzene rings is 2. The van der Waals surface area contributed by atoms with E-state index in [4.69, 9.17) is 26.1 Å². The standard InChI is InChI=1S/C39H45ClN4O4/c1-23(2)48-32-18-29-26(16-31(32)47-5)17-34(45)44(36(29)25-6-8-27(40)9-7-25)33-11-10-28(20-41-33)42(3)21-24-12-14-38(15-13-24)37-30-22-43(4)35(46)19-39(30,37)38/h6-11,16,18,20,23-24,30,36-37H,12-15,17,19,21-22H2,1-5H3/t24?,30?,36-,37+,38?,39?/m0/s1. The Labute approximate surface area is 288 Å². The Hall–Kier alpha value is -3.78. The molecule has 8 nitrogen and oxygen atoms in total. The van der Waals surface area contributed by atoms with Crippen molar-refractivity contribution in [2.24, 2.45) is 28.6 Å². The van der Waals surface area contributed by atoms with Gasteiger partial charge < -0.3 is 19.3 Å². The molecule has 48 heavy (non-hydrogen) atoms. The van der Waals surface area contributed by atoms with Crippen molar-refractivity contribution < 1.29 is 19.1 Å². The summed E-state index contributed by atoms with van der Waals surface area (Å²) in [5.41, 5.74) is 4.69. The van der Waals surface area contributed by atoms with Gasteiger partial charge in [0.05, 0.1) is 37.6 Å². The van der Waals surface area contributed by atoms with E-state index in [1.807, 2.05) is 79.4 Å². The monoisotopic (exact) mass is 668 g/mol. The lowest BCUT2D eigenvalue weighted by molar-refractivity contribution is -0.135. The zero-order valence-electron chi connectivity index (χ0n) is 28.5. The molecule has 9 heteroatoms. The van der Waals surface area contributed by atoms with Crippen LogP contribution in [0.1, 0.15) is 68.7 Å². The molecule has 1 aromatic heterocycles. The van der Waals surface area contributed by atoms with Crippen molar-refractivity contribution in [2.45, 2.75) is 64.5 Å². The normalized spacial score (nSPS) is 30.1. The molecule has 8 rings (SSSR count). The van der Waals surface area contributed by atoms with Gasteiger partial charge >= 0.3 is 0 Å². The highest BCUT2D eigenvalue weighted by Gasteiger charge is 2.94. The second-order valence-corrected chi connectivity index (χ2v) is 15.6. The Morgan fingerprint density at radius 1 is 1.04 bits per heavy atom. The van der Waals surface area contributed by atoms with Crippen LogP contribution in [0.5, 0.6) is 11.5 Å². The van der Waals surface area contributed by atoms with Crippen LogP contribution in [-0.4, -0.2) is 62.1 Å². The van der Waals surface area contributed by atoms with Crippen molar-refractivity contribution in [2.75, 3.05) is 44.1 Å². The Bertz CT molecular complexity index is 1750. The molecule has 5 aliphatic rings. The number of likely N-dealkylation sites (tertiary alicyclic amines) is 1. The Morgan fingerprint density at radius 2 is 1.79 bits per heavy atom. The highest BCUT2D eigenvalue weighted by atomic mass is 35.5. The van der Waals surface area contributed by atoms with Crippen LogP contribution in [0.4, 0.5) is 11.5 Å². The van der Waals surface area contributed by atoms with Crippen LogP contribution < -0.4 is 19.3 Å². The minimum atomic E-state index is -0.405. The number of nitrogens with zero attached hydrogens (tertiary/aromatic N) is 4. The number of amides is 2. The van der Waals surface area contributed by atoms with E-state index < -0.39 is 6.04 Å². The van der Waals surface area contributed by atoms with Crippen molar-refractivity contribution >= 4 is 34.9 Å². The average molecular weight is 669 g/mol. The maximum atomic E-state index is 13.9.